The van der Waals surface area contributed by atoms with E-state index in [1.165, 1.54) is 12.1 Å². The molecule has 1 aliphatic rings. The molecular weight excluding hydrogens is 435 g/mol. The van der Waals surface area contributed by atoms with Gasteiger partial charge in [-0.05, 0) is 30.3 Å². The summed E-state index contributed by atoms with van der Waals surface area (Å²) in [5.74, 6) is -0.285. The van der Waals surface area contributed by atoms with E-state index in [-0.39, 0.29) is 24.7 Å². The van der Waals surface area contributed by atoms with Crippen LogP contribution in [-0.4, -0.2) is 52.9 Å². The van der Waals surface area contributed by atoms with Gasteiger partial charge in [0.2, 0.25) is 5.88 Å². The molecule has 0 bridgehead atoms. The summed E-state index contributed by atoms with van der Waals surface area (Å²) in [6.07, 6.45) is -6.49. The van der Waals surface area contributed by atoms with Crippen LogP contribution < -0.4 is 10.1 Å². The number of carbonyl (C=O) groups excluding carboxylic acids is 1. The number of nitrogens with zero attached hydrogens (tertiary/aromatic N) is 3. The van der Waals surface area contributed by atoms with E-state index in [9.17, 15) is 26.7 Å². The molecule has 32 heavy (non-hydrogen) atoms. The fraction of sp³-hybridized carbons (Fsp3) is 0.286. The molecule has 1 saturated heterocycles. The molecular formula is C21H17F5N4O2. The third-order valence-corrected chi connectivity index (χ3v) is 5.00. The molecule has 168 valence electrons. The summed E-state index contributed by atoms with van der Waals surface area (Å²) in [5.41, 5.74) is -0.404. The standard InChI is InChI=1S/C21H17F5N4O2/c22-19(23)17-11-27-7-8-30(17)20(31)16-4-1-12-9-14(3-5-15(12)29-16)32-18-6-2-13(10-28-18)21(24,25)26/h1-6,9-10,17,19,27H,7-8,11H2. The lowest BCUT2D eigenvalue weighted by Crippen LogP contribution is -2.56. The van der Waals surface area contributed by atoms with Crippen molar-refractivity contribution in [2.45, 2.75) is 18.6 Å². The van der Waals surface area contributed by atoms with Gasteiger partial charge in [0.25, 0.3) is 12.3 Å². The predicted octanol–water partition coefficient (Wildman–Crippen LogP) is 4.12. The lowest BCUT2D eigenvalue weighted by atomic mass is 10.1. The van der Waals surface area contributed by atoms with Crippen molar-refractivity contribution >= 4 is 16.8 Å². The minimum absolute atomic E-state index is 0.00960. The maximum Gasteiger partial charge on any atom is 0.417 e. The Kier molecular flexibility index (Phi) is 5.92. The second-order valence-electron chi connectivity index (χ2n) is 7.14. The van der Waals surface area contributed by atoms with Gasteiger partial charge in [-0.2, -0.15) is 13.2 Å². The maximum atomic E-state index is 13.3. The first-order chi connectivity index (χ1) is 15.2. The molecule has 3 heterocycles. The molecule has 1 aliphatic heterocycles. The molecule has 1 aromatic carbocycles. The quantitative estimate of drug-likeness (QED) is 0.604. The number of pyridine rings is 2. The van der Waals surface area contributed by atoms with Crippen molar-refractivity contribution in [3.63, 3.8) is 0 Å². The fourth-order valence-corrected chi connectivity index (χ4v) is 3.37. The Morgan fingerprint density at radius 3 is 2.66 bits per heavy atom. The number of amides is 1. The van der Waals surface area contributed by atoms with Crippen molar-refractivity contribution in [3.8, 4) is 11.6 Å². The van der Waals surface area contributed by atoms with Crippen LogP contribution in [0, 0.1) is 0 Å². The van der Waals surface area contributed by atoms with Crippen LogP contribution in [0.25, 0.3) is 10.9 Å². The zero-order valence-electron chi connectivity index (χ0n) is 16.4. The third kappa shape index (κ3) is 4.62. The average molecular weight is 452 g/mol. The molecule has 4 rings (SSSR count). The highest BCUT2D eigenvalue weighted by Gasteiger charge is 2.34. The number of carbonyl (C=O) groups is 1. The van der Waals surface area contributed by atoms with Crippen molar-refractivity contribution in [1.29, 1.82) is 0 Å². The smallest absolute Gasteiger partial charge is 0.417 e. The first kappa shape index (κ1) is 21.9. The Balaban J connectivity index is 1.52. The molecule has 1 N–H and O–H groups in total. The topological polar surface area (TPSA) is 67.3 Å². The Labute approximate surface area is 179 Å². The lowest BCUT2D eigenvalue weighted by Gasteiger charge is -2.35. The van der Waals surface area contributed by atoms with Crippen molar-refractivity contribution < 1.29 is 31.5 Å². The third-order valence-electron chi connectivity index (χ3n) is 5.00. The van der Waals surface area contributed by atoms with E-state index in [0.29, 0.717) is 29.4 Å². The number of alkyl halides is 5. The number of halogens is 5. The van der Waals surface area contributed by atoms with Crippen molar-refractivity contribution in [3.05, 3.63) is 59.9 Å². The van der Waals surface area contributed by atoms with Crippen molar-refractivity contribution in [2.75, 3.05) is 19.6 Å². The minimum Gasteiger partial charge on any atom is -0.439 e. The first-order valence-corrected chi connectivity index (χ1v) is 9.64. The van der Waals surface area contributed by atoms with E-state index < -0.39 is 30.1 Å². The Morgan fingerprint density at radius 1 is 1.16 bits per heavy atom. The van der Waals surface area contributed by atoms with E-state index >= 15 is 0 Å². The highest BCUT2D eigenvalue weighted by molar-refractivity contribution is 5.95. The van der Waals surface area contributed by atoms with Gasteiger partial charge in [0.15, 0.2) is 0 Å². The van der Waals surface area contributed by atoms with E-state index in [0.717, 1.165) is 17.0 Å². The van der Waals surface area contributed by atoms with Crippen LogP contribution in [0.2, 0.25) is 0 Å². The molecule has 0 aliphatic carbocycles. The molecule has 0 radical (unpaired) electrons. The average Bonchev–Trinajstić information content (AvgIpc) is 2.78. The van der Waals surface area contributed by atoms with E-state index in [1.807, 2.05) is 0 Å². The SMILES string of the molecule is O=C(c1ccc2cc(Oc3ccc(C(F)(F)F)cn3)ccc2n1)N1CCNCC1C(F)F. The van der Waals surface area contributed by atoms with E-state index in [2.05, 4.69) is 15.3 Å². The van der Waals surface area contributed by atoms with Gasteiger partial charge in [0, 0.05) is 37.3 Å². The maximum absolute atomic E-state index is 13.3. The molecule has 11 heteroatoms. The highest BCUT2D eigenvalue weighted by Crippen LogP contribution is 2.30. The summed E-state index contributed by atoms with van der Waals surface area (Å²) in [5, 5.41) is 3.44. The fourth-order valence-electron chi connectivity index (χ4n) is 3.37. The zero-order valence-corrected chi connectivity index (χ0v) is 16.4. The Bertz CT molecular complexity index is 1120. The normalized spacial score (nSPS) is 17.1. The molecule has 2 aromatic heterocycles. The number of piperazine rings is 1. The second kappa shape index (κ2) is 8.65. The highest BCUT2D eigenvalue weighted by atomic mass is 19.4. The molecule has 1 amide bonds. The molecule has 1 unspecified atom stereocenters. The lowest BCUT2D eigenvalue weighted by molar-refractivity contribution is -0.137. The van der Waals surface area contributed by atoms with Gasteiger partial charge >= 0.3 is 6.18 Å². The summed E-state index contributed by atoms with van der Waals surface area (Å²) >= 11 is 0. The van der Waals surface area contributed by atoms with Gasteiger partial charge in [0.1, 0.15) is 17.5 Å². The molecule has 1 fully saturated rings. The molecule has 0 spiro atoms. The number of benzene rings is 1. The number of fused-ring (bicyclic) bond motifs is 1. The van der Waals surface area contributed by atoms with Gasteiger partial charge in [-0.1, -0.05) is 6.07 Å². The number of aromatic nitrogens is 2. The van der Waals surface area contributed by atoms with Crippen LogP contribution in [0.4, 0.5) is 22.0 Å². The van der Waals surface area contributed by atoms with Gasteiger partial charge in [-0.3, -0.25) is 4.79 Å². The number of nitrogens with one attached hydrogen (secondary N) is 1. The summed E-state index contributed by atoms with van der Waals surface area (Å²) in [6, 6.07) is 8.47. The number of ether oxygens (including phenoxy) is 1. The van der Waals surface area contributed by atoms with Crippen LogP contribution in [0.3, 0.4) is 0 Å². The number of hydrogen-bond acceptors (Lipinski definition) is 5. The van der Waals surface area contributed by atoms with Crippen molar-refractivity contribution in [2.24, 2.45) is 0 Å². The van der Waals surface area contributed by atoms with Crippen molar-refractivity contribution in [1.82, 2.24) is 20.2 Å². The first-order valence-electron chi connectivity index (χ1n) is 9.64. The van der Waals surface area contributed by atoms with Crippen LogP contribution in [0.15, 0.2) is 48.7 Å². The predicted molar refractivity (Wildman–Crippen MR) is 105 cm³/mol. The van der Waals surface area contributed by atoms with Crippen LogP contribution in [0.1, 0.15) is 16.1 Å². The van der Waals surface area contributed by atoms with Gasteiger partial charge < -0.3 is 15.0 Å². The summed E-state index contributed by atoms with van der Waals surface area (Å²) in [7, 11) is 0. The Hall–Kier alpha value is -3.34. The molecule has 0 saturated carbocycles. The number of hydrogen-bond donors (Lipinski definition) is 1. The van der Waals surface area contributed by atoms with Gasteiger partial charge in [0.05, 0.1) is 11.1 Å². The van der Waals surface area contributed by atoms with E-state index in [4.69, 9.17) is 4.74 Å². The Morgan fingerprint density at radius 2 is 1.97 bits per heavy atom. The summed E-state index contributed by atoms with van der Waals surface area (Å²) in [4.78, 5) is 21.8. The number of rotatable bonds is 4. The van der Waals surface area contributed by atoms with Crippen LogP contribution in [0.5, 0.6) is 11.6 Å². The minimum atomic E-state index is -4.49. The van der Waals surface area contributed by atoms with Crippen LogP contribution in [-0.2, 0) is 6.18 Å². The second-order valence-corrected chi connectivity index (χ2v) is 7.14. The molecule has 3 aromatic rings. The van der Waals surface area contributed by atoms with Crippen LogP contribution >= 0.6 is 0 Å². The zero-order chi connectivity index (χ0) is 22.9. The summed E-state index contributed by atoms with van der Waals surface area (Å²) in [6.45, 7) is 0.581. The van der Waals surface area contributed by atoms with Gasteiger partial charge in [-0.25, -0.2) is 18.7 Å². The largest absolute Gasteiger partial charge is 0.439 e. The molecule has 1 atom stereocenters. The van der Waals surface area contributed by atoms with E-state index in [1.54, 1.807) is 18.2 Å². The van der Waals surface area contributed by atoms with Gasteiger partial charge in [-0.15, -0.1) is 0 Å². The monoisotopic (exact) mass is 452 g/mol. The molecule has 6 nitrogen and oxygen atoms in total. The summed E-state index contributed by atoms with van der Waals surface area (Å²) < 4.78 is 69.9.